The van der Waals surface area contributed by atoms with Crippen LogP contribution in [0.1, 0.15) is 21.6 Å². The van der Waals surface area contributed by atoms with Gasteiger partial charge in [0.2, 0.25) is 0 Å². The summed E-state index contributed by atoms with van der Waals surface area (Å²) in [5.41, 5.74) is 4.33. The zero-order valence-electron chi connectivity index (χ0n) is 11.8. The summed E-state index contributed by atoms with van der Waals surface area (Å²) in [7, 11) is 0. The van der Waals surface area contributed by atoms with E-state index < -0.39 is 5.91 Å². The van der Waals surface area contributed by atoms with E-state index in [0.717, 1.165) is 5.56 Å². The molecule has 1 amide bonds. The van der Waals surface area contributed by atoms with Gasteiger partial charge in [-0.2, -0.15) is 10.0 Å². The Hall–Kier alpha value is -2.60. The van der Waals surface area contributed by atoms with Gasteiger partial charge in [0, 0.05) is 16.8 Å². The summed E-state index contributed by atoms with van der Waals surface area (Å²) >= 11 is 5.91. The van der Waals surface area contributed by atoms with Crippen molar-refractivity contribution in [1.82, 2.24) is 10.4 Å². The van der Waals surface area contributed by atoms with Crippen LogP contribution in [0.2, 0.25) is 5.02 Å². The molecule has 1 aromatic carbocycles. The van der Waals surface area contributed by atoms with Crippen LogP contribution in [0.5, 0.6) is 0 Å². The minimum absolute atomic E-state index is 0.179. The van der Waals surface area contributed by atoms with Crippen molar-refractivity contribution in [3.63, 3.8) is 0 Å². The Kier molecular flexibility index (Phi) is 5.32. The van der Waals surface area contributed by atoms with Gasteiger partial charge in [0.05, 0.1) is 5.71 Å². The van der Waals surface area contributed by atoms with Crippen molar-refractivity contribution in [2.45, 2.75) is 6.92 Å². The summed E-state index contributed by atoms with van der Waals surface area (Å²) in [6.45, 7) is 1.60. The summed E-state index contributed by atoms with van der Waals surface area (Å²) < 4.78 is 0. The van der Waals surface area contributed by atoms with Gasteiger partial charge in [0.25, 0.3) is 5.91 Å². The average molecular weight is 317 g/mol. The number of aromatic nitrogens is 1. The van der Waals surface area contributed by atoms with Gasteiger partial charge < -0.3 is 0 Å². The molecular weight excluding hydrogens is 304 g/mol. The molecule has 1 N–H and O–H groups in total. The largest absolute Gasteiger partial charge is 0.290 e. The standard InChI is InChI=1S/C15H13ClN4O2/c1-10-4-3-7-17-14(10)15(21)20-19-13(9-18-22)11-5-2-6-12(16)8-11/h2-8H,9H2,1H3,(H,20,21). The number of nitrogens with one attached hydrogen (secondary N) is 1. The Bertz CT molecular complexity index is 731. The molecule has 0 fully saturated rings. The van der Waals surface area contributed by atoms with E-state index in [1.54, 1.807) is 43.3 Å². The molecule has 7 heteroatoms. The van der Waals surface area contributed by atoms with Crippen LogP contribution in [-0.2, 0) is 0 Å². The Morgan fingerprint density at radius 1 is 1.32 bits per heavy atom. The minimum atomic E-state index is -0.455. The first kappa shape index (κ1) is 15.8. The van der Waals surface area contributed by atoms with Crippen LogP contribution in [0.25, 0.3) is 0 Å². The summed E-state index contributed by atoms with van der Waals surface area (Å²) in [5, 5.41) is 7.29. The van der Waals surface area contributed by atoms with Crippen LogP contribution < -0.4 is 5.43 Å². The van der Waals surface area contributed by atoms with Crippen molar-refractivity contribution in [2.24, 2.45) is 10.3 Å². The van der Waals surface area contributed by atoms with E-state index >= 15 is 0 Å². The van der Waals surface area contributed by atoms with Gasteiger partial charge in [-0.1, -0.05) is 35.0 Å². The molecule has 2 rings (SSSR count). The third-order valence-electron chi connectivity index (χ3n) is 2.89. The van der Waals surface area contributed by atoms with Gasteiger partial charge in [0.1, 0.15) is 12.2 Å². The van der Waals surface area contributed by atoms with Gasteiger partial charge in [-0.25, -0.2) is 5.43 Å². The maximum atomic E-state index is 12.1. The van der Waals surface area contributed by atoms with Gasteiger partial charge in [-0.05, 0) is 30.7 Å². The maximum absolute atomic E-state index is 12.1. The average Bonchev–Trinajstić information content (AvgIpc) is 2.51. The van der Waals surface area contributed by atoms with Crippen molar-refractivity contribution in [2.75, 3.05) is 6.54 Å². The lowest BCUT2D eigenvalue weighted by molar-refractivity contribution is 0.0949. The SMILES string of the molecule is Cc1cccnc1C(=O)NN=C(CN=O)c1cccc(Cl)c1. The number of rotatable bonds is 5. The highest BCUT2D eigenvalue weighted by Gasteiger charge is 2.11. The number of nitroso groups, excluding NO2 is 1. The first-order valence-corrected chi connectivity index (χ1v) is 6.83. The molecule has 22 heavy (non-hydrogen) atoms. The molecule has 0 spiro atoms. The van der Waals surface area contributed by atoms with E-state index in [4.69, 9.17) is 11.6 Å². The Morgan fingerprint density at radius 2 is 2.14 bits per heavy atom. The van der Waals surface area contributed by atoms with Crippen LogP contribution in [0.3, 0.4) is 0 Å². The molecule has 0 saturated heterocycles. The number of nitrogens with zero attached hydrogens (tertiary/aromatic N) is 3. The van der Waals surface area contributed by atoms with Crippen LogP contribution in [0, 0.1) is 11.8 Å². The fourth-order valence-corrected chi connectivity index (χ4v) is 2.01. The van der Waals surface area contributed by atoms with Gasteiger partial charge in [-0.3, -0.25) is 9.78 Å². The molecule has 0 bridgehead atoms. The molecule has 0 unspecified atom stereocenters. The molecule has 2 aromatic rings. The number of hydrazone groups is 1. The van der Waals surface area contributed by atoms with Gasteiger partial charge >= 0.3 is 0 Å². The van der Waals surface area contributed by atoms with E-state index in [9.17, 15) is 9.70 Å². The van der Waals surface area contributed by atoms with Gasteiger partial charge in [-0.15, -0.1) is 0 Å². The van der Waals surface area contributed by atoms with Crippen LogP contribution in [0.15, 0.2) is 52.9 Å². The number of carbonyl (C=O) groups is 1. The van der Waals surface area contributed by atoms with E-state index in [1.165, 1.54) is 6.20 Å². The van der Waals surface area contributed by atoms with E-state index in [-0.39, 0.29) is 12.2 Å². The van der Waals surface area contributed by atoms with E-state index in [0.29, 0.717) is 16.3 Å². The number of benzene rings is 1. The molecule has 0 aliphatic carbocycles. The predicted molar refractivity (Wildman–Crippen MR) is 85.1 cm³/mol. The molecular formula is C15H13ClN4O2. The number of hydrogen-bond donors (Lipinski definition) is 1. The lowest BCUT2D eigenvalue weighted by Crippen LogP contribution is -2.23. The molecule has 0 aliphatic heterocycles. The summed E-state index contributed by atoms with van der Waals surface area (Å²) in [5.74, 6) is -0.455. The molecule has 0 aliphatic rings. The van der Waals surface area contributed by atoms with Gasteiger partial charge in [0.15, 0.2) is 0 Å². The third-order valence-corrected chi connectivity index (χ3v) is 3.12. The quantitative estimate of drug-likeness (QED) is 0.523. The van der Waals surface area contributed by atoms with Crippen LogP contribution in [0.4, 0.5) is 0 Å². The van der Waals surface area contributed by atoms with E-state index in [2.05, 4.69) is 20.7 Å². The third kappa shape index (κ3) is 3.95. The second-order valence-corrected chi connectivity index (χ2v) is 4.90. The number of amides is 1. The monoisotopic (exact) mass is 316 g/mol. The molecule has 1 heterocycles. The second kappa shape index (κ2) is 7.42. The van der Waals surface area contributed by atoms with Crippen molar-refractivity contribution in [1.29, 1.82) is 0 Å². The minimum Gasteiger partial charge on any atom is -0.266 e. The Balaban J connectivity index is 2.22. The topological polar surface area (TPSA) is 83.8 Å². The molecule has 1 aromatic heterocycles. The smallest absolute Gasteiger partial charge is 0.266 e. The molecule has 0 atom stereocenters. The summed E-state index contributed by atoms with van der Waals surface area (Å²) in [6, 6.07) is 10.3. The van der Waals surface area contributed by atoms with Crippen molar-refractivity contribution >= 4 is 23.2 Å². The summed E-state index contributed by atoms with van der Waals surface area (Å²) in [4.78, 5) is 26.6. The molecule has 0 saturated carbocycles. The highest BCUT2D eigenvalue weighted by atomic mass is 35.5. The second-order valence-electron chi connectivity index (χ2n) is 4.47. The zero-order chi connectivity index (χ0) is 15.9. The van der Waals surface area contributed by atoms with Crippen molar-refractivity contribution < 1.29 is 4.79 Å². The predicted octanol–water partition coefficient (Wildman–Crippen LogP) is 2.94. The summed E-state index contributed by atoms with van der Waals surface area (Å²) in [6.07, 6.45) is 1.52. The number of hydrogen-bond acceptors (Lipinski definition) is 5. The van der Waals surface area contributed by atoms with Crippen molar-refractivity contribution in [3.8, 4) is 0 Å². The molecule has 112 valence electrons. The Labute approximate surface area is 132 Å². The highest BCUT2D eigenvalue weighted by molar-refractivity contribution is 6.31. The highest BCUT2D eigenvalue weighted by Crippen LogP contribution is 2.12. The number of carbonyl (C=O) groups excluding carboxylic acids is 1. The fourth-order valence-electron chi connectivity index (χ4n) is 1.81. The molecule has 6 nitrogen and oxygen atoms in total. The maximum Gasteiger partial charge on any atom is 0.290 e. The first-order chi connectivity index (χ1) is 10.6. The first-order valence-electron chi connectivity index (χ1n) is 6.45. The van der Waals surface area contributed by atoms with Crippen LogP contribution in [-0.4, -0.2) is 23.1 Å². The molecule has 0 radical (unpaired) electrons. The normalized spacial score (nSPS) is 11.1. The number of halogens is 1. The van der Waals surface area contributed by atoms with Crippen LogP contribution >= 0.6 is 11.6 Å². The number of aryl methyl sites for hydroxylation is 1. The van der Waals surface area contributed by atoms with E-state index in [1.807, 2.05) is 0 Å². The van der Waals surface area contributed by atoms with Crippen molar-refractivity contribution in [3.05, 3.63) is 69.3 Å². The lowest BCUT2D eigenvalue weighted by Gasteiger charge is -2.06. The zero-order valence-corrected chi connectivity index (χ0v) is 12.5. The number of pyridine rings is 1. The lowest BCUT2D eigenvalue weighted by atomic mass is 10.1. The Morgan fingerprint density at radius 3 is 2.82 bits per heavy atom. The fraction of sp³-hybridized carbons (Fsp3) is 0.133.